The summed E-state index contributed by atoms with van der Waals surface area (Å²) in [6, 6.07) is 6.06. The van der Waals surface area contributed by atoms with Crippen LogP contribution < -0.4 is 10.6 Å². The number of hydrogen-bond acceptors (Lipinski definition) is 3. The molecule has 2 aromatic rings. The molecule has 0 bridgehead atoms. The zero-order chi connectivity index (χ0) is 16.1. The summed E-state index contributed by atoms with van der Waals surface area (Å²) in [5.74, 6) is -0.336. The van der Waals surface area contributed by atoms with E-state index in [9.17, 15) is 9.18 Å². The van der Waals surface area contributed by atoms with Gasteiger partial charge >= 0.3 is 0 Å². The van der Waals surface area contributed by atoms with E-state index in [0.29, 0.717) is 18.7 Å². The third kappa shape index (κ3) is 4.53. The van der Waals surface area contributed by atoms with Gasteiger partial charge in [-0.1, -0.05) is 13.8 Å². The topological polar surface area (TPSA) is 58.9 Å². The van der Waals surface area contributed by atoms with Crippen LogP contribution in [-0.4, -0.2) is 35.8 Å². The van der Waals surface area contributed by atoms with E-state index in [1.165, 1.54) is 12.1 Å². The molecule has 1 amide bonds. The molecule has 0 aliphatic heterocycles. The Morgan fingerprint density at radius 1 is 1.26 bits per heavy atom. The van der Waals surface area contributed by atoms with Gasteiger partial charge in [-0.3, -0.25) is 4.79 Å². The van der Waals surface area contributed by atoms with Gasteiger partial charge in [-0.2, -0.15) is 5.10 Å². The lowest BCUT2D eigenvalue weighted by Gasteiger charge is -2.13. The number of aromatic nitrogens is 2. The van der Waals surface area contributed by atoms with Crippen LogP contribution in [-0.2, 0) is 0 Å². The lowest BCUT2D eigenvalue weighted by atomic mass is 10.1. The van der Waals surface area contributed by atoms with Gasteiger partial charge in [0, 0.05) is 13.1 Å². The van der Waals surface area contributed by atoms with Crippen molar-refractivity contribution in [3.8, 4) is 5.69 Å². The van der Waals surface area contributed by atoms with E-state index in [1.54, 1.807) is 23.0 Å². The van der Waals surface area contributed by atoms with Crippen LogP contribution in [0.25, 0.3) is 5.69 Å². The summed E-state index contributed by atoms with van der Waals surface area (Å²) in [6.45, 7) is 5.26. The van der Waals surface area contributed by atoms with Crippen LogP contribution in [0.3, 0.4) is 0 Å². The van der Waals surface area contributed by atoms with Crippen LogP contribution in [0.2, 0.25) is 0 Å². The lowest BCUT2D eigenvalue weighted by molar-refractivity contribution is 0.0953. The van der Waals surface area contributed by atoms with Gasteiger partial charge in [-0.15, -0.1) is 12.4 Å². The highest BCUT2D eigenvalue weighted by Gasteiger charge is 2.20. The van der Waals surface area contributed by atoms with Crippen molar-refractivity contribution < 1.29 is 9.18 Å². The van der Waals surface area contributed by atoms with Gasteiger partial charge in [-0.25, -0.2) is 9.07 Å². The molecule has 2 N–H and O–H groups in total. The molecule has 0 atom stereocenters. The molecule has 0 unspecified atom stereocenters. The highest BCUT2D eigenvalue weighted by atomic mass is 35.5. The first-order valence-electron chi connectivity index (χ1n) is 7.31. The standard InChI is InChI=1S/C16H21FN4O.ClH/c1-11(2)15-14(16(22)19-9-8-18-3)10-20-21(15)13-6-4-12(17)5-7-13;/h4-7,10-11,18H,8-9H2,1-3H3,(H,19,22);1H. The molecule has 2 rings (SSSR count). The molecule has 126 valence electrons. The molecule has 0 spiro atoms. The quantitative estimate of drug-likeness (QED) is 0.794. The molecular weight excluding hydrogens is 319 g/mol. The van der Waals surface area contributed by atoms with Crippen LogP contribution in [0.5, 0.6) is 0 Å². The first-order valence-corrected chi connectivity index (χ1v) is 7.31. The maximum atomic E-state index is 13.1. The van der Waals surface area contributed by atoms with Crippen LogP contribution in [0, 0.1) is 5.82 Å². The zero-order valence-corrected chi connectivity index (χ0v) is 14.3. The van der Waals surface area contributed by atoms with E-state index in [4.69, 9.17) is 0 Å². The minimum atomic E-state index is -0.299. The fourth-order valence-electron chi connectivity index (χ4n) is 2.27. The number of nitrogens with one attached hydrogen (secondary N) is 2. The van der Waals surface area contributed by atoms with Crippen molar-refractivity contribution >= 4 is 18.3 Å². The Kier molecular flexibility index (Phi) is 7.19. The molecule has 0 aliphatic carbocycles. The number of carbonyl (C=O) groups excluding carboxylic acids is 1. The minimum Gasteiger partial charge on any atom is -0.351 e. The molecule has 0 aliphatic rings. The van der Waals surface area contributed by atoms with Crippen molar-refractivity contribution in [1.82, 2.24) is 20.4 Å². The second kappa shape index (κ2) is 8.64. The van der Waals surface area contributed by atoms with Gasteiger partial charge in [-0.05, 0) is 37.2 Å². The molecule has 7 heteroatoms. The second-order valence-electron chi connectivity index (χ2n) is 5.35. The van der Waals surface area contributed by atoms with Gasteiger partial charge in [0.05, 0.1) is 23.1 Å². The minimum absolute atomic E-state index is 0. The number of likely N-dealkylation sites (N-methyl/N-ethyl adjacent to an activating group) is 1. The second-order valence-corrected chi connectivity index (χ2v) is 5.35. The third-order valence-corrected chi connectivity index (χ3v) is 3.33. The Morgan fingerprint density at radius 3 is 2.48 bits per heavy atom. The molecule has 1 aromatic heterocycles. The number of hydrogen-bond donors (Lipinski definition) is 2. The number of halogens is 2. The van der Waals surface area contributed by atoms with Gasteiger partial charge in [0.25, 0.3) is 5.91 Å². The molecule has 0 radical (unpaired) electrons. The summed E-state index contributed by atoms with van der Waals surface area (Å²) in [7, 11) is 1.83. The maximum absolute atomic E-state index is 13.1. The summed E-state index contributed by atoms with van der Waals surface area (Å²) in [5, 5.41) is 10.1. The smallest absolute Gasteiger partial charge is 0.254 e. The number of carbonyl (C=O) groups is 1. The van der Waals surface area contributed by atoms with Gasteiger partial charge in [0.1, 0.15) is 5.82 Å². The van der Waals surface area contributed by atoms with E-state index in [-0.39, 0.29) is 30.0 Å². The van der Waals surface area contributed by atoms with Crippen LogP contribution in [0.1, 0.15) is 35.8 Å². The largest absolute Gasteiger partial charge is 0.351 e. The monoisotopic (exact) mass is 340 g/mol. The van der Waals surface area contributed by atoms with Crippen molar-refractivity contribution in [1.29, 1.82) is 0 Å². The van der Waals surface area contributed by atoms with Gasteiger partial charge < -0.3 is 10.6 Å². The SMILES string of the molecule is CNCCNC(=O)c1cnn(-c2ccc(F)cc2)c1C(C)C.Cl. The average Bonchev–Trinajstić information content (AvgIpc) is 2.93. The van der Waals surface area contributed by atoms with Gasteiger partial charge in [0.2, 0.25) is 0 Å². The molecular formula is C16H22ClFN4O. The van der Waals surface area contributed by atoms with Crippen molar-refractivity contribution in [2.75, 3.05) is 20.1 Å². The van der Waals surface area contributed by atoms with Crippen molar-refractivity contribution in [2.24, 2.45) is 0 Å². The normalized spacial score (nSPS) is 10.5. The van der Waals surface area contributed by atoms with Crippen LogP contribution >= 0.6 is 12.4 Å². The number of rotatable bonds is 6. The van der Waals surface area contributed by atoms with Crippen LogP contribution in [0.4, 0.5) is 4.39 Å². The predicted molar refractivity (Wildman–Crippen MR) is 91.1 cm³/mol. The summed E-state index contributed by atoms with van der Waals surface area (Å²) in [4.78, 5) is 12.3. The Labute approximate surface area is 141 Å². The van der Waals surface area contributed by atoms with Gasteiger partial charge in [0.15, 0.2) is 0 Å². The zero-order valence-electron chi connectivity index (χ0n) is 13.5. The molecule has 0 saturated carbocycles. The van der Waals surface area contributed by atoms with E-state index in [0.717, 1.165) is 11.4 Å². The van der Waals surface area contributed by atoms with Crippen LogP contribution in [0.15, 0.2) is 30.5 Å². The summed E-state index contributed by atoms with van der Waals surface area (Å²) >= 11 is 0. The maximum Gasteiger partial charge on any atom is 0.254 e. The fraction of sp³-hybridized carbons (Fsp3) is 0.375. The Bertz CT molecular complexity index is 640. The number of amides is 1. The van der Waals surface area contributed by atoms with E-state index in [1.807, 2.05) is 20.9 Å². The molecule has 1 heterocycles. The fourth-order valence-corrected chi connectivity index (χ4v) is 2.27. The van der Waals surface area contributed by atoms with Crippen molar-refractivity contribution in [2.45, 2.75) is 19.8 Å². The van der Waals surface area contributed by atoms with E-state index >= 15 is 0 Å². The number of benzene rings is 1. The molecule has 5 nitrogen and oxygen atoms in total. The molecule has 0 fully saturated rings. The summed E-state index contributed by atoms with van der Waals surface area (Å²) in [6.07, 6.45) is 1.56. The van der Waals surface area contributed by atoms with E-state index < -0.39 is 0 Å². The predicted octanol–water partition coefficient (Wildman–Crippen LogP) is 2.51. The first kappa shape index (κ1) is 19.1. The lowest BCUT2D eigenvalue weighted by Crippen LogP contribution is -2.31. The molecule has 1 aromatic carbocycles. The Balaban J connectivity index is 0.00000264. The highest BCUT2D eigenvalue weighted by molar-refractivity contribution is 5.95. The number of nitrogens with zero attached hydrogens (tertiary/aromatic N) is 2. The summed E-state index contributed by atoms with van der Waals surface area (Å²) < 4.78 is 14.8. The summed E-state index contributed by atoms with van der Waals surface area (Å²) in [5.41, 5.74) is 2.10. The Morgan fingerprint density at radius 2 is 1.91 bits per heavy atom. The highest BCUT2D eigenvalue weighted by Crippen LogP contribution is 2.23. The Hall–Kier alpha value is -1.92. The first-order chi connectivity index (χ1) is 10.5. The molecule has 23 heavy (non-hydrogen) atoms. The molecule has 0 saturated heterocycles. The van der Waals surface area contributed by atoms with E-state index in [2.05, 4.69) is 15.7 Å². The third-order valence-electron chi connectivity index (χ3n) is 3.33. The average molecular weight is 341 g/mol. The van der Waals surface area contributed by atoms with Crippen molar-refractivity contribution in [3.05, 3.63) is 47.5 Å². The van der Waals surface area contributed by atoms with Crippen molar-refractivity contribution in [3.63, 3.8) is 0 Å².